The van der Waals surface area contributed by atoms with Crippen LogP contribution in [-0.4, -0.2) is 19.6 Å². The van der Waals surface area contributed by atoms with Crippen molar-refractivity contribution in [2.24, 2.45) is 0 Å². The molecule has 0 amide bonds. The number of fused-ring (bicyclic) bond motifs is 1. The molecule has 0 atom stereocenters. The van der Waals surface area contributed by atoms with Crippen LogP contribution < -0.4 is 5.56 Å². The molecule has 2 N–H and O–H groups in total. The van der Waals surface area contributed by atoms with Crippen LogP contribution in [0.25, 0.3) is 16.0 Å². The second-order valence-corrected chi connectivity index (χ2v) is 5.10. The molecule has 0 spiro atoms. The number of benzene rings is 1. The van der Waals surface area contributed by atoms with Gasteiger partial charge in [0.2, 0.25) is 0 Å². The van der Waals surface area contributed by atoms with Gasteiger partial charge in [-0.25, -0.2) is 13.8 Å². The first-order chi connectivity index (χ1) is 9.49. The third kappa shape index (κ3) is 1.82. The fourth-order valence-corrected chi connectivity index (χ4v) is 2.71. The van der Waals surface area contributed by atoms with E-state index in [9.17, 15) is 13.6 Å². The van der Waals surface area contributed by atoms with Gasteiger partial charge in [0, 0.05) is 12.1 Å². The third-order valence-electron chi connectivity index (χ3n) is 2.65. The number of H-pyrrole nitrogens is 1. The van der Waals surface area contributed by atoms with Gasteiger partial charge in [-0.3, -0.25) is 9.36 Å². The van der Waals surface area contributed by atoms with Gasteiger partial charge in [-0.2, -0.15) is 0 Å². The van der Waals surface area contributed by atoms with Crippen LogP contribution >= 0.6 is 23.6 Å². The van der Waals surface area contributed by atoms with Gasteiger partial charge in [0.1, 0.15) is 4.70 Å². The van der Waals surface area contributed by atoms with E-state index in [1.165, 1.54) is 5.51 Å². The highest BCUT2D eigenvalue weighted by Gasteiger charge is 2.14. The molecule has 3 aromatic rings. The third-order valence-corrected chi connectivity index (χ3v) is 3.75. The van der Waals surface area contributed by atoms with Crippen LogP contribution in [0.1, 0.15) is 0 Å². The molecule has 0 unspecified atom stereocenters. The summed E-state index contributed by atoms with van der Waals surface area (Å²) in [7, 11) is 0. The number of rotatable bonds is 1. The Bertz CT molecular complexity index is 922. The summed E-state index contributed by atoms with van der Waals surface area (Å²) in [4.78, 5) is 18.9. The van der Waals surface area contributed by atoms with E-state index in [-0.39, 0.29) is 15.2 Å². The van der Waals surface area contributed by atoms with Crippen LogP contribution in [0.4, 0.5) is 8.78 Å². The minimum absolute atomic E-state index is 0.0436. The number of halogens is 2. The quantitative estimate of drug-likeness (QED) is 0.677. The van der Waals surface area contributed by atoms with Crippen LogP contribution in [0.15, 0.2) is 22.4 Å². The first-order valence-electron chi connectivity index (χ1n) is 5.26. The summed E-state index contributed by atoms with van der Waals surface area (Å²) < 4.78 is 28.0. The van der Waals surface area contributed by atoms with Gasteiger partial charge in [-0.05, 0) is 12.2 Å². The smallest absolute Gasteiger partial charge is 0.278 e. The molecule has 0 saturated carbocycles. The monoisotopic (exact) mass is 313 g/mol. The van der Waals surface area contributed by atoms with Crippen molar-refractivity contribution in [3.8, 4) is 11.4 Å². The summed E-state index contributed by atoms with van der Waals surface area (Å²) in [5.41, 5.74) is 1.13. The molecule has 5 nitrogen and oxygen atoms in total. The Balaban J connectivity index is 2.40. The number of hydrogen-bond donors (Lipinski definition) is 2. The summed E-state index contributed by atoms with van der Waals surface area (Å²) in [6, 6.07) is 1.66. The first-order valence-corrected chi connectivity index (χ1v) is 6.54. The van der Waals surface area contributed by atoms with Gasteiger partial charge in [0.25, 0.3) is 5.56 Å². The minimum atomic E-state index is -1.18. The van der Waals surface area contributed by atoms with E-state index in [1.54, 1.807) is 0 Å². The van der Waals surface area contributed by atoms with Crippen molar-refractivity contribution in [1.82, 2.24) is 14.5 Å². The van der Waals surface area contributed by atoms with E-state index in [2.05, 4.69) is 9.97 Å². The summed E-state index contributed by atoms with van der Waals surface area (Å²) >= 11 is 6.08. The average Bonchev–Trinajstić information content (AvgIpc) is 2.84. The zero-order valence-corrected chi connectivity index (χ0v) is 11.2. The molecule has 0 radical (unpaired) electrons. The summed E-state index contributed by atoms with van der Waals surface area (Å²) in [6.45, 7) is 0. The molecule has 0 bridgehead atoms. The van der Waals surface area contributed by atoms with Crippen molar-refractivity contribution < 1.29 is 13.9 Å². The lowest BCUT2D eigenvalue weighted by atomic mass is 10.2. The maximum Gasteiger partial charge on any atom is 0.278 e. The van der Waals surface area contributed by atoms with E-state index in [0.29, 0.717) is 5.65 Å². The van der Waals surface area contributed by atoms with Crippen LogP contribution in [0.2, 0.25) is 0 Å². The molecule has 2 heterocycles. The molecule has 0 aliphatic heterocycles. The van der Waals surface area contributed by atoms with Crippen LogP contribution in [0.5, 0.6) is 5.75 Å². The molecule has 0 aliphatic rings. The summed E-state index contributed by atoms with van der Waals surface area (Å²) in [6.07, 6.45) is 0. The highest BCUT2D eigenvalue weighted by molar-refractivity contribution is 7.71. The van der Waals surface area contributed by atoms with Gasteiger partial charge >= 0.3 is 0 Å². The number of phenolic OH excluding ortho intramolecular Hbond substituents is 1. The van der Waals surface area contributed by atoms with Crippen LogP contribution in [0, 0.1) is 16.4 Å². The Morgan fingerprint density at radius 1 is 1.35 bits per heavy atom. The Labute approximate surface area is 118 Å². The highest BCUT2D eigenvalue weighted by atomic mass is 32.1. The Kier molecular flexibility index (Phi) is 2.87. The topological polar surface area (TPSA) is 70.9 Å². The van der Waals surface area contributed by atoms with E-state index in [0.717, 1.165) is 28.0 Å². The molecule has 3 rings (SSSR count). The van der Waals surface area contributed by atoms with Gasteiger partial charge in [-0.1, -0.05) is 0 Å². The Morgan fingerprint density at radius 3 is 2.65 bits per heavy atom. The lowest BCUT2D eigenvalue weighted by Crippen LogP contribution is -2.20. The largest absolute Gasteiger partial charge is 0.503 e. The zero-order valence-electron chi connectivity index (χ0n) is 9.55. The molecule has 0 fully saturated rings. The molecule has 0 saturated heterocycles. The van der Waals surface area contributed by atoms with Crippen LogP contribution in [0.3, 0.4) is 0 Å². The van der Waals surface area contributed by atoms with Crippen molar-refractivity contribution >= 4 is 33.9 Å². The minimum Gasteiger partial charge on any atom is -0.503 e. The normalized spacial score (nSPS) is 11.1. The van der Waals surface area contributed by atoms with Crippen molar-refractivity contribution in [1.29, 1.82) is 0 Å². The Hall–Kier alpha value is -2.13. The molecule has 2 aromatic heterocycles. The Morgan fingerprint density at radius 2 is 2.00 bits per heavy atom. The number of nitrogens with one attached hydrogen (secondary N) is 1. The van der Waals surface area contributed by atoms with Gasteiger partial charge in [0.05, 0.1) is 11.2 Å². The maximum absolute atomic E-state index is 13.4. The van der Waals surface area contributed by atoms with Gasteiger partial charge in [-0.15, -0.1) is 11.3 Å². The van der Waals surface area contributed by atoms with Crippen molar-refractivity contribution in [3.05, 3.63) is 44.4 Å². The lowest BCUT2D eigenvalue weighted by Gasteiger charge is -2.07. The van der Waals surface area contributed by atoms with E-state index in [1.807, 2.05) is 0 Å². The van der Waals surface area contributed by atoms with E-state index in [4.69, 9.17) is 17.3 Å². The molecule has 20 heavy (non-hydrogen) atoms. The molecule has 0 aliphatic carbocycles. The fourth-order valence-electron chi connectivity index (χ4n) is 1.75. The lowest BCUT2D eigenvalue weighted by molar-refractivity contribution is 0.396. The van der Waals surface area contributed by atoms with Crippen molar-refractivity contribution in [2.45, 2.75) is 0 Å². The molecule has 9 heteroatoms. The number of phenols is 1. The van der Waals surface area contributed by atoms with Crippen molar-refractivity contribution in [2.75, 3.05) is 0 Å². The van der Waals surface area contributed by atoms with Crippen molar-refractivity contribution in [3.63, 3.8) is 0 Å². The molecular weight excluding hydrogens is 308 g/mol. The number of thiazole rings is 1. The molecule has 102 valence electrons. The van der Waals surface area contributed by atoms with Crippen LogP contribution in [-0.2, 0) is 0 Å². The van der Waals surface area contributed by atoms with E-state index < -0.39 is 22.9 Å². The summed E-state index contributed by atoms with van der Waals surface area (Å²) in [5, 5.41) is 9.08. The highest BCUT2D eigenvalue weighted by Crippen LogP contribution is 2.23. The maximum atomic E-state index is 13.4. The number of nitrogens with zero attached hydrogens (tertiary/aromatic N) is 2. The fraction of sp³-hybridized carbons (Fsp3) is 0. The predicted molar refractivity (Wildman–Crippen MR) is 72.0 cm³/mol. The number of aromatic hydroxyl groups is 1. The first kappa shape index (κ1) is 12.9. The second kappa shape index (κ2) is 4.46. The van der Waals surface area contributed by atoms with Gasteiger partial charge < -0.3 is 10.1 Å². The molecule has 1 aromatic carbocycles. The standard InChI is InChI=1S/C11H5F2N3O2S2/c12-5-1-4(2-6(13)7(5)17)16-10(18)8-9(14-3-20-8)15-11(16)19/h1-3,17H,(H,15,19). The predicted octanol–water partition coefficient (Wildman–Crippen LogP) is 2.49. The summed E-state index contributed by atoms with van der Waals surface area (Å²) in [5.74, 6) is -3.45. The van der Waals surface area contributed by atoms with Gasteiger partial charge in [0.15, 0.2) is 27.8 Å². The number of aromatic nitrogens is 3. The molecular formula is C11H5F2N3O2S2. The second-order valence-electron chi connectivity index (χ2n) is 3.86. The zero-order chi connectivity index (χ0) is 14.4. The number of aromatic amines is 1. The SMILES string of the molecule is O=c1c2scnc2[nH]c(=S)n1-c1cc(F)c(O)c(F)c1. The number of hydrogen-bond acceptors (Lipinski definition) is 5. The average molecular weight is 313 g/mol. The van der Waals surface area contributed by atoms with E-state index >= 15 is 0 Å².